The first kappa shape index (κ1) is 26.9. The fraction of sp³-hybridized carbons (Fsp3) is 0.280. The van der Waals surface area contributed by atoms with Gasteiger partial charge in [0, 0.05) is 11.6 Å². The fourth-order valence-electron chi connectivity index (χ4n) is 3.42. The van der Waals surface area contributed by atoms with Gasteiger partial charge in [0.2, 0.25) is 5.82 Å². The average molecular weight is 563 g/mol. The molecule has 0 radical (unpaired) electrons. The first-order valence-corrected chi connectivity index (χ1v) is 14.0. The number of hydrogen-bond donors (Lipinski definition) is 1. The zero-order valence-corrected chi connectivity index (χ0v) is 23.2. The van der Waals surface area contributed by atoms with Crippen LogP contribution in [0.1, 0.15) is 11.1 Å². The van der Waals surface area contributed by atoms with Crippen LogP contribution in [0.5, 0.6) is 17.4 Å². The molecule has 0 aliphatic carbocycles. The lowest BCUT2D eigenvalue weighted by Crippen LogP contribution is -2.19. The molecule has 0 atom stereocenters. The zero-order chi connectivity index (χ0) is 26.6. The van der Waals surface area contributed by atoms with E-state index in [4.69, 9.17) is 25.8 Å². The van der Waals surface area contributed by atoms with Crippen molar-refractivity contribution in [3.8, 4) is 17.4 Å². The summed E-state index contributed by atoms with van der Waals surface area (Å²) in [6.07, 6.45) is 0. The summed E-state index contributed by atoms with van der Waals surface area (Å²) in [5.74, 6) is 1.24. The monoisotopic (exact) mass is 562 g/mol. The molecule has 0 saturated carbocycles. The van der Waals surface area contributed by atoms with Crippen LogP contribution in [0, 0.1) is 6.92 Å². The first-order chi connectivity index (χ1) is 17.7. The highest BCUT2D eigenvalue weighted by molar-refractivity contribution is 7.92. The number of anilines is 1. The summed E-state index contributed by atoms with van der Waals surface area (Å²) >= 11 is 7.50. The summed E-state index contributed by atoms with van der Waals surface area (Å²) in [6, 6.07) is 12.0. The summed E-state index contributed by atoms with van der Waals surface area (Å²) in [4.78, 5) is 11.6. The minimum atomic E-state index is -4.01. The number of benzene rings is 2. The van der Waals surface area contributed by atoms with Gasteiger partial charge in [0.1, 0.15) is 23.6 Å². The van der Waals surface area contributed by atoms with Crippen LogP contribution in [-0.4, -0.2) is 57.6 Å². The smallest absolute Gasteiger partial charge is 0.263 e. The number of fused-ring (bicyclic) bond motifs is 1. The number of halogens is 1. The van der Waals surface area contributed by atoms with Crippen molar-refractivity contribution in [2.45, 2.75) is 18.4 Å². The third kappa shape index (κ3) is 6.42. The standard InChI is InChI=1S/C25H27ClN4O5S2/c1-16-18(26)6-5-7-22(16)37(31,32)29-23-24(27-19-10-13-36-25(19)28-23)35-15-17-8-9-20(33-4)21(14-17)34-12-11-30(2)3/h5-10,13-14H,11-12,15H2,1-4H3,(H,28,29). The zero-order valence-electron chi connectivity index (χ0n) is 20.8. The molecule has 2 aromatic carbocycles. The quantitative estimate of drug-likeness (QED) is 0.273. The topological polar surface area (TPSA) is 103 Å². The molecule has 0 unspecified atom stereocenters. The van der Waals surface area contributed by atoms with E-state index in [0.29, 0.717) is 39.0 Å². The Labute approximate surface area is 225 Å². The highest BCUT2D eigenvalue weighted by Gasteiger charge is 2.23. The highest BCUT2D eigenvalue weighted by Crippen LogP contribution is 2.32. The number of sulfonamides is 1. The van der Waals surface area contributed by atoms with Crippen LogP contribution in [0.3, 0.4) is 0 Å². The summed E-state index contributed by atoms with van der Waals surface area (Å²) in [5, 5.41) is 2.18. The van der Waals surface area contributed by atoms with Gasteiger partial charge in [-0.3, -0.25) is 4.72 Å². The van der Waals surface area contributed by atoms with Crippen molar-refractivity contribution < 1.29 is 22.6 Å². The average Bonchev–Trinajstić information content (AvgIpc) is 3.31. The van der Waals surface area contributed by atoms with E-state index in [9.17, 15) is 8.42 Å². The summed E-state index contributed by atoms with van der Waals surface area (Å²) in [6.45, 7) is 2.98. The largest absolute Gasteiger partial charge is 0.493 e. The summed E-state index contributed by atoms with van der Waals surface area (Å²) in [5.41, 5.74) is 1.82. The molecule has 4 rings (SSSR count). The molecule has 0 amide bonds. The van der Waals surface area contributed by atoms with Crippen molar-refractivity contribution in [1.82, 2.24) is 14.9 Å². The molecule has 1 N–H and O–H groups in total. The molecule has 0 aliphatic rings. The third-order valence-corrected chi connectivity index (χ3v) is 8.09. The van der Waals surface area contributed by atoms with Gasteiger partial charge in [-0.15, -0.1) is 11.3 Å². The minimum Gasteiger partial charge on any atom is -0.493 e. The van der Waals surface area contributed by atoms with Gasteiger partial charge >= 0.3 is 0 Å². The molecule has 37 heavy (non-hydrogen) atoms. The number of ether oxygens (including phenoxy) is 3. The van der Waals surface area contributed by atoms with E-state index in [2.05, 4.69) is 14.7 Å². The van der Waals surface area contributed by atoms with Crippen molar-refractivity contribution >= 4 is 49.1 Å². The van der Waals surface area contributed by atoms with Gasteiger partial charge < -0.3 is 19.1 Å². The maximum Gasteiger partial charge on any atom is 0.263 e. The molecule has 2 aromatic heterocycles. The van der Waals surface area contributed by atoms with Crippen LogP contribution >= 0.6 is 22.9 Å². The number of aromatic nitrogens is 2. The van der Waals surface area contributed by atoms with E-state index in [1.165, 1.54) is 17.4 Å². The van der Waals surface area contributed by atoms with Crippen LogP contribution < -0.4 is 18.9 Å². The normalized spacial score (nSPS) is 11.6. The van der Waals surface area contributed by atoms with E-state index >= 15 is 0 Å². The molecule has 2 heterocycles. The van der Waals surface area contributed by atoms with Crippen LogP contribution in [0.2, 0.25) is 5.02 Å². The lowest BCUT2D eigenvalue weighted by molar-refractivity contribution is 0.249. The Morgan fingerprint density at radius 2 is 1.89 bits per heavy atom. The Morgan fingerprint density at radius 3 is 2.65 bits per heavy atom. The second-order valence-corrected chi connectivity index (χ2v) is 11.3. The Kier molecular flexibility index (Phi) is 8.38. The van der Waals surface area contributed by atoms with Gasteiger partial charge in [0.25, 0.3) is 15.9 Å². The predicted molar refractivity (Wildman–Crippen MR) is 146 cm³/mol. The number of methoxy groups -OCH3 is 1. The summed E-state index contributed by atoms with van der Waals surface area (Å²) in [7, 11) is 1.51. The van der Waals surface area contributed by atoms with Gasteiger partial charge in [0.05, 0.1) is 12.0 Å². The molecule has 0 fully saturated rings. The second kappa shape index (κ2) is 11.5. The maximum absolute atomic E-state index is 13.2. The van der Waals surface area contributed by atoms with Crippen molar-refractivity contribution in [2.75, 3.05) is 39.1 Å². The molecule has 12 heteroatoms. The number of rotatable bonds is 11. The number of hydrogen-bond acceptors (Lipinski definition) is 9. The van der Waals surface area contributed by atoms with Crippen molar-refractivity contribution in [2.24, 2.45) is 0 Å². The van der Waals surface area contributed by atoms with E-state index in [-0.39, 0.29) is 23.2 Å². The molecule has 0 aliphatic heterocycles. The van der Waals surface area contributed by atoms with E-state index < -0.39 is 10.0 Å². The lowest BCUT2D eigenvalue weighted by Gasteiger charge is -2.16. The second-order valence-electron chi connectivity index (χ2n) is 8.38. The fourth-order valence-corrected chi connectivity index (χ4v) is 5.62. The predicted octanol–water partition coefficient (Wildman–Crippen LogP) is 4.98. The molecule has 0 saturated heterocycles. The van der Waals surface area contributed by atoms with E-state index in [0.717, 1.165) is 12.1 Å². The third-order valence-electron chi connectivity index (χ3n) is 5.40. The van der Waals surface area contributed by atoms with Gasteiger partial charge in [-0.05, 0) is 67.9 Å². The summed E-state index contributed by atoms with van der Waals surface area (Å²) < 4.78 is 46.2. The minimum absolute atomic E-state index is 0.00899. The van der Waals surface area contributed by atoms with E-state index in [1.54, 1.807) is 38.3 Å². The van der Waals surface area contributed by atoms with Gasteiger partial charge in [-0.2, -0.15) is 0 Å². The molecule has 9 nitrogen and oxygen atoms in total. The number of nitrogens with zero attached hydrogens (tertiary/aromatic N) is 3. The molecular formula is C25H27ClN4O5S2. The first-order valence-electron chi connectivity index (χ1n) is 11.3. The number of nitrogens with one attached hydrogen (secondary N) is 1. The van der Waals surface area contributed by atoms with Crippen LogP contribution in [0.15, 0.2) is 52.7 Å². The van der Waals surface area contributed by atoms with Gasteiger partial charge in [-0.25, -0.2) is 18.4 Å². The molecule has 0 bridgehead atoms. The highest BCUT2D eigenvalue weighted by atomic mass is 35.5. The molecule has 0 spiro atoms. The van der Waals surface area contributed by atoms with E-state index in [1.807, 2.05) is 36.5 Å². The Hall–Kier alpha value is -3.12. The van der Waals surface area contributed by atoms with Crippen LogP contribution in [-0.2, 0) is 16.6 Å². The number of likely N-dealkylation sites (N-methyl/N-ethyl adjacent to an activating group) is 1. The molecule has 4 aromatic rings. The van der Waals surface area contributed by atoms with Gasteiger partial charge in [0.15, 0.2) is 11.5 Å². The Morgan fingerprint density at radius 1 is 1.08 bits per heavy atom. The van der Waals surface area contributed by atoms with Crippen molar-refractivity contribution in [1.29, 1.82) is 0 Å². The van der Waals surface area contributed by atoms with Crippen LogP contribution in [0.25, 0.3) is 10.3 Å². The van der Waals surface area contributed by atoms with Crippen molar-refractivity contribution in [3.05, 3.63) is 64.0 Å². The lowest BCUT2D eigenvalue weighted by atomic mass is 10.2. The maximum atomic E-state index is 13.2. The Bertz CT molecular complexity index is 1510. The molecule has 196 valence electrons. The number of thiophene rings is 1. The van der Waals surface area contributed by atoms with Crippen molar-refractivity contribution in [3.63, 3.8) is 0 Å². The van der Waals surface area contributed by atoms with Gasteiger partial charge in [-0.1, -0.05) is 23.7 Å². The molecular weight excluding hydrogens is 536 g/mol. The van der Waals surface area contributed by atoms with Crippen LogP contribution in [0.4, 0.5) is 5.82 Å². The Balaban J connectivity index is 1.60. The SMILES string of the molecule is COc1ccc(COc2nc3ccsc3nc2NS(=O)(=O)c2cccc(Cl)c2C)cc1OCCN(C)C.